The van der Waals surface area contributed by atoms with E-state index in [0.29, 0.717) is 19.0 Å². The number of hydrogen-bond acceptors (Lipinski definition) is 4. The van der Waals surface area contributed by atoms with E-state index < -0.39 is 5.60 Å². The molecule has 1 aromatic heterocycles. The van der Waals surface area contributed by atoms with E-state index in [1.807, 2.05) is 30.3 Å². The normalized spacial score (nSPS) is 18.1. The molecule has 1 fully saturated rings. The van der Waals surface area contributed by atoms with Gasteiger partial charge in [-0.1, -0.05) is 30.3 Å². The third-order valence-electron chi connectivity index (χ3n) is 4.64. The second-order valence-electron chi connectivity index (χ2n) is 6.24. The number of amides is 1. The van der Waals surface area contributed by atoms with Gasteiger partial charge >= 0.3 is 0 Å². The van der Waals surface area contributed by atoms with Crippen molar-refractivity contribution in [3.63, 3.8) is 0 Å². The molecule has 0 saturated carbocycles. The second-order valence-corrected chi connectivity index (χ2v) is 6.24. The minimum Gasteiger partial charge on any atom is -0.465 e. The van der Waals surface area contributed by atoms with Gasteiger partial charge in [-0.2, -0.15) is 0 Å². The monoisotopic (exact) mass is 341 g/mol. The van der Waals surface area contributed by atoms with Crippen LogP contribution in [0.4, 0.5) is 0 Å². The molecule has 2 N–H and O–H groups in total. The van der Waals surface area contributed by atoms with Crippen molar-refractivity contribution in [2.24, 2.45) is 5.92 Å². The molecular weight excluding hydrogens is 318 g/mol. The number of furan rings is 1. The van der Waals surface area contributed by atoms with Gasteiger partial charge in [-0.3, -0.25) is 4.79 Å². The SMILES string of the molecule is O=C(/C=C/c1ccco1)NC[C@@](O)(c1ccccc1)C1CCOCC1. The molecule has 2 heterocycles. The van der Waals surface area contributed by atoms with Crippen molar-refractivity contribution >= 4 is 12.0 Å². The number of hydrogen-bond donors (Lipinski definition) is 2. The predicted octanol–water partition coefficient (Wildman–Crippen LogP) is 2.72. The largest absolute Gasteiger partial charge is 0.465 e. The van der Waals surface area contributed by atoms with E-state index in [1.54, 1.807) is 24.5 Å². The molecule has 1 aliphatic heterocycles. The quantitative estimate of drug-likeness (QED) is 0.793. The van der Waals surface area contributed by atoms with E-state index in [2.05, 4.69) is 5.32 Å². The molecule has 1 aromatic carbocycles. The number of aliphatic hydroxyl groups is 1. The molecule has 3 rings (SSSR count). The van der Waals surface area contributed by atoms with Gasteiger partial charge in [0, 0.05) is 19.3 Å². The maximum absolute atomic E-state index is 12.1. The zero-order chi connectivity index (χ0) is 17.5. The first kappa shape index (κ1) is 17.5. The first-order chi connectivity index (χ1) is 12.2. The Morgan fingerprint density at radius 3 is 2.64 bits per heavy atom. The first-order valence-electron chi connectivity index (χ1n) is 8.53. The van der Waals surface area contributed by atoms with Crippen molar-refractivity contribution in [2.75, 3.05) is 19.8 Å². The number of rotatable bonds is 6. The highest BCUT2D eigenvalue weighted by molar-refractivity contribution is 5.91. The lowest BCUT2D eigenvalue weighted by Crippen LogP contribution is -2.47. The summed E-state index contributed by atoms with van der Waals surface area (Å²) in [6, 6.07) is 13.1. The molecule has 5 nitrogen and oxygen atoms in total. The molecule has 0 spiro atoms. The Kier molecular flexibility index (Phi) is 5.68. The smallest absolute Gasteiger partial charge is 0.244 e. The zero-order valence-corrected chi connectivity index (χ0v) is 14.1. The van der Waals surface area contributed by atoms with Crippen molar-refractivity contribution < 1.29 is 19.1 Å². The number of ether oxygens (including phenoxy) is 1. The fourth-order valence-electron chi connectivity index (χ4n) is 3.21. The molecule has 132 valence electrons. The van der Waals surface area contributed by atoms with Crippen LogP contribution in [-0.4, -0.2) is 30.8 Å². The molecular formula is C20H23NO4. The summed E-state index contributed by atoms with van der Waals surface area (Å²) >= 11 is 0. The highest BCUT2D eigenvalue weighted by atomic mass is 16.5. The number of benzene rings is 1. The van der Waals surface area contributed by atoms with Gasteiger partial charge in [0.25, 0.3) is 0 Å². The summed E-state index contributed by atoms with van der Waals surface area (Å²) < 4.78 is 10.6. The molecule has 0 radical (unpaired) electrons. The minimum atomic E-state index is -1.11. The van der Waals surface area contributed by atoms with Crippen molar-refractivity contribution in [1.82, 2.24) is 5.32 Å². The van der Waals surface area contributed by atoms with E-state index in [0.717, 1.165) is 18.4 Å². The average Bonchev–Trinajstić information content (AvgIpc) is 3.19. The van der Waals surface area contributed by atoms with Gasteiger partial charge in [0.1, 0.15) is 11.4 Å². The predicted molar refractivity (Wildman–Crippen MR) is 94.6 cm³/mol. The second kappa shape index (κ2) is 8.14. The maximum Gasteiger partial charge on any atom is 0.244 e. The Labute approximate surface area is 147 Å². The number of nitrogens with one attached hydrogen (secondary N) is 1. The zero-order valence-electron chi connectivity index (χ0n) is 14.1. The fourth-order valence-corrected chi connectivity index (χ4v) is 3.21. The summed E-state index contributed by atoms with van der Waals surface area (Å²) in [4.78, 5) is 12.1. The van der Waals surface area contributed by atoms with Crippen LogP contribution < -0.4 is 5.32 Å². The lowest BCUT2D eigenvalue weighted by atomic mass is 9.77. The van der Waals surface area contributed by atoms with Crippen molar-refractivity contribution in [3.05, 3.63) is 66.1 Å². The Morgan fingerprint density at radius 1 is 1.20 bits per heavy atom. The van der Waals surface area contributed by atoms with E-state index >= 15 is 0 Å². The van der Waals surface area contributed by atoms with Gasteiger partial charge in [-0.25, -0.2) is 0 Å². The summed E-state index contributed by atoms with van der Waals surface area (Å²) in [6.45, 7) is 1.42. The van der Waals surface area contributed by atoms with Crippen molar-refractivity contribution in [2.45, 2.75) is 18.4 Å². The standard InChI is InChI=1S/C20H23NO4/c22-19(9-8-18-7-4-12-25-18)21-15-20(23,16-5-2-1-3-6-16)17-10-13-24-14-11-17/h1-9,12,17,23H,10-11,13-15H2,(H,21,22)/b9-8+/t20-/m1/s1. The van der Waals surface area contributed by atoms with Crippen LogP contribution in [-0.2, 0) is 15.1 Å². The molecule has 1 saturated heterocycles. The molecule has 0 unspecified atom stereocenters. The molecule has 0 bridgehead atoms. The topological polar surface area (TPSA) is 71.7 Å². The molecule has 1 aliphatic rings. The Bertz CT molecular complexity index is 690. The van der Waals surface area contributed by atoms with Crippen LogP contribution in [0.3, 0.4) is 0 Å². The van der Waals surface area contributed by atoms with E-state index in [-0.39, 0.29) is 18.4 Å². The van der Waals surface area contributed by atoms with Crippen LogP contribution in [0.5, 0.6) is 0 Å². The highest BCUT2D eigenvalue weighted by Gasteiger charge is 2.39. The molecule has 5 heteroatoms. The van der Waals surface area contributed by atoms with Crippen LogP contribution in [0.15, 0.2) is 59.2 Å². The first-order valence-corrected chi connectivity index (χ1v) is 8.53. The summed E-state index contributed by atoms with van der Waals surface area (Å²) in [5.41, 5.74) is -0.295. The van der Waals surface area contributed by atoms with Crippen molar-refractivity contribution in [3.8, 4) is 0 Å². The molecule has 2 aromatic rings. The van der Waals surface area contributed by atoms with Gasteiger partial charge in [0.05, 0.1) is 12.8 Å². The van der Waals surface area contributed by atoms with Crippen LogP contribution in [0.2, 0.25) is 0 Å². The number of carbonyl (C=O) groups is 1. The van der Waals surface area contributed by atoms with Crippen molar-refractivity contribution in [1.29, 1.82) is 0 Å². The summed E-state index contributed by atoms with van der Waals surface area (Å²) in [7, 11) is 0. The lowest BCUT2D eigenvalue weighted by molar-refractivity contribution is -0.119. The summed E-state index contributed by atoms with van der Waals surface area (Å²) in [5.74, 6) is 0.383. The molecule has 25 heavy (non-hydrogen) atoms. The maximum atomic E-state index is 12.1. The van der Waals surface area contributed by atoms with Crippen LogP contribution in [0, 0.1) is 5.92 Å². The van der Waals surface area contributed by atoms with Gasteiger partial charge in [0.15, 0.2) is 0 Å². The number of carbonyl (C=O) groups excluding carboxylic acids is 1. The minimum absolute atomic E-state index is 0.0398. The van der Waals surface area contributed by atoms with Crippen LogP contribution in [0.25, 0.3) is 6.08 Å². The molecule has 1 atom stereocenters. The van der Waals surface area contributed by atoms with E-state index in [1.165, 1.54) is 6.08 Å². The van der Waals surface area contributed by atoms with E-state index in [9.17, 15) is 9.90 Å². The van der Waals surface area contributed by atoms with Crippen LogP contribution >= 0.6 is 0 Å². The van der Waals surface area contributed by atoms with Crippen LogP contribution in [0.1, 0.15) is 24.2 Å². The third-order valence-corrected chi connectivity index (χ3v) is 4.64. The Morgan fingerprint density at radius 2 is 1.96 bits per heavy atom. The average molecular weight is 341 g/mol. The molecule has 1 amide bonds. The van der Waals surface area contributed by atoms with Gasteiger partial charge in [-0.05, 0) is 42.5 Å². The lowest BCUT2D eigenvalue weighted by Gasteiger charge is -2.39. The van der Waals surface area contributed by atoms with Gasteiger partial charge < -0.3 is 19.6 Å². The summed E-state index contributed by atoms with van der Waals surface area (Å²) in [6.07, 6.45) is 6.10. The van der Waals surface area contributed by atoms with Gasteiger partial charge in [-0.15, -0.1) is 0 Å². The highest BCUT2D eigenvalue weighted by Crippen LogP contribution is 2.35. The summed E-state index contributed by atoms with van der Waals surface area (Å²) in [5, 5.41) is 14.2. The van der Waals surface area contributed by atoms with Gasteiger partial charge in [0.2, 0.25) is 5.91 Å². The molecule has 0 aliphatic carbocycles. The third kappa shape index (κ3) is 4.38. The Hall–Kier alpha value is -2.37. The fraction of sp³-hybridized carbons (Fsp3) is 0.350. The van der Waals surface area contributed by atoms with E-state index in [4.69, 9.17) is 9.15 Å². The Balaban J connectivity index is 1.70.